The van der Waals surface area contributed by atoms with Crippen LogP contribution in [-0.4, -0.2) is 50.3 Å². The molecule has 0 saturated carbocycles. The van der Waals surface area contributed by atoms with Crippen LogP contribution in [0.2, 0.25) is 0 Å². The van der Waals surface area contributed by atoms with Gasteiger partial charge in [-0.25, -0.2) is 8.78 Å². The van der Waals surface area contributed by atoms with E-state index < -0.39 is 11.6 Å². The highest BCUT2D eigenvalue weighted by Crippen LogP contribution is 2.16. The molecule has 2 rings (SSSR count). The minimum Gasteiger partial charge on any atom is -0.374 e. The maximum atomic E-state index is 13.7. The van der Waals surface area contributed by atoms with Gasteiger partial charge in [0.15, 0.2) is 0 Å². The van der Waals surface area contributed by atoms with Crippen LogP contribution >= 0.6 is 0 Å². The lowest BCUT2D eigenvalue weighted by Crippen LogP contribution is -2.52. The molecular formula is C15H22F2N2O. The molecule has 5 heteroatoms. The summed E-state index contributed by atoms with van der Waals surface area (Å²) in [6.07, 6.45) is 0.517. The monoisotopic (exact) mass is 284 g/mol. The lowest BCUT2D eigenvalue weighted by Gasteiger charge is -2.36. The number of hydrogen-bond acceptors (Lipinski definition) is 3. The van der Waals surface area contributed by atoms with Gasteiger partial charge in [-0.1, -0.05) is 13.0 Å². The molecule has 0 aliphatic carbocycles. The average molecular weight is 284 g/mol. The first-order valence-corrected chi connectivity index (χ1v) is 7.09. The van der Waals surface area contributed by atoms with Crippen LogP contribution in [0.1, 0.15) is 12.5 Å². The van der Waals surface area contributed by atoms with Gasteiger partial charge in [0, 0.05) is 25.2 Å². The molecule has 1 aliphatic heterocycles. The highest BCUT2D eigenvalue weighted by Gasteiger charge is 2.27. The zero-order chi connectivity index (χ0) is 14.5. The quantitative estimate of drug-likeness (QED) is 0.892. The Hall–Kier alpha value is -1.04. The van der Waals surface area contributed by atoms with Crippen LogP contribution in [-0.2, 0) is 11.2 Å². The van der Waals surface area contributed by atoms with Crippen molar-refractivity contribution in [3.8, 4) is 0 Å². The van der Waals surface area contributed by atoms with Crippen molar-refractivity contribution in [3.05, 3.63) is 35.4 Å². The Kier molecular flexibility index (Phi) is 5.46. The molecule has 0 amide bonds. The van der Waals surface area contributed by atoms with Gasteiger partial charge in [-0.2, -0.15) is 0 Å². The van der Waals surface area contributed by atoms with Crippen LogP contribution in [0.4, 0.5) is 8.78 Å². The fraction of sp³-hybridized carbons (Fsp3) is 0.600. The molecule has 1 aromatic carbocycles. The molecule has 2 unspecified atom stereocenters. The Morgan fingerprint density at radius 3 is 2.90 bits per heavy atom. The highest BCUT2D eigenvalue weighted by atomic mass is 19.1. The lowest BCUT2D eigenvalue weighted by atomic mass is 9.99. The number of nitrogens with zero attached hydrogens (tertiary/aromatic N) is 1. The standard InChI is InChI=1S/C15H22F2N2O/c1-3-19-6-7-20-15(10-19)14(18-2)8-11-4-5-12(16)9-13(11)17/h4-5,9,14-15,18H,3,6-8,10H2,1-2H3. The van der Waals surface area contributed by atoms with E-state index in [-0.39, 0.29) is 12.1 Å². The zero-order valence-corrected chi connectivity index (χ0v) is 12.0. The minimum atomic E-state index is -0.543. The second kappa shape index (κ2) is 7.11. The van der Waals surface area contributed by atoms with Crippen molar-refractivity contribution in [2.45, 2.75) is 25.5 Å². The summed E-state index contributed by atoms with van der Waals surface area (Å²) >= 11 is 0. The summed E-state index contributed by atoms with van der Waals surface area (Å²) in [5, 5.41) is 3.19. The maximum Gasteiger partial charge on any atom is 0.129 e. The van der Waals surface area contributed by atoms with E-state index >= 15 is 0 Å². The van der Waals surface area contributed by atoms with E-state index in [1.54, 1.807) is 0 Å². The largest absolute Gasteiger partial charge is 0.374 e. The van der Waals surface area contributed by atoms with Gasteiger partial charge in [0.2, 0.25) is 0 Å². The number of ether oxygens (including phenoxy) is 1. The van der Waals surface area contributed by atoms with Gasteiger partial charge in [-0.05, 0) is 31.6 Å². The third-order valence-corrected chi connectivity index (χ3v) is 3.90. The molecule has 20 heavy (non-hydrogen) atoms. The predicted octanol–water partition coefficient (Wildman–Crippen LogP) is 1.82. The number of halogens is 2. The molecule has 1 heterocycles. The first-order chi connectivity index (χ1) is 9.63. The fourth-order valence-corrected chi connectivity index (χ4v) is 2.61. The Labute approximate surface area is 118 Å². The van der Waals surface area contributed by atoms with Crippen molar-refractivity contribution in [2.75, 3.05) is 33.3 Å². The molecule has 2 atom stereocenters. The minimum absolute atomic E-state index is 0.0179. The van der Waals surface area contributed by atoms with Gasteiger partial charge in [-0.3, -0.25) is 4.90 Å². The van der Waals surface area contributed by atoms with Crippen LogP contribution in [0.3, 0.4) is 0 Å². The molecule has 0 aromatic heterocycles. The van der Waals surface area contributed by atoms with Gasteiger partial charge in [0.25, 0.3) is 0 Å². The van der Waals surface area contributed by atoms with Gasteiger partial charge >= 0.3 is 0 Å². The van der Waals surface area contributed by atoms with Crippen LogP contribution < -0.4 is 5.32 Å². The summed E-state index contributed by atoms with van der Waals surface area (Å²) < 4.78 is 32.5. The second-order valence-electron chi connectivity index (χ2n) is 5.14. The van der Waals surface area contributed by atoms with Crippen LogP contribution in [0.25, 0.3) is 0 Å². The Balaban J connectivity index is 2.04. The van der Waals surface area contributed by atoms with E-state index in [0.717, 1.165) is 25.7 Å². The summed E-state index contributed by atoms with van der Waals surface area (Å²) in [7, 11) is 1.85. The van der Waals surface area contributed by atoms with Gasteiger partial charge < -0.3 is 10.1 Å². The van der Waals surface area contributed by atoms with Crippen LogP contribution in [0, 0.1) is 11.6 Å². The third-order valence-electron chi connectivity index (χ3n) is 3.90. The summed E-state index contributed by atoms with van der Waals surface area (Å²) in [6, 6.07) is 3.76. The molecule has 0 bridgehead atoms. The number of benzene rings is 1. The smallest absolute Gasteiger partial charge is 0.129 e. The normalized spacial score (nSPS) is 21.9. The molecule has 1 aliphatic rings. The average Bonchev–Trinajstić information content (AvgIpc) is 2.46. The molecule has 0 radical (unpaired) electrons. The number of likely N-dealkylation sites (N-methyl/N-ethyl adjacent to an activating group) is 2. The van der Waals surface area contributed by atoms with Crippen molar-refractivity contribution in [1.29, 1.82) is 0 Å². The highest BCUT2D eigenvalue weighted by molar-refractivity contribution is 5.20. The third kappa shape index (κ3) is 3.75. The topological polar surface area (TPSA) is 24.5 Å². The van der Waals surface area contributed by atoms with Crippen molar-refractivity contribution in [3.63, 3.8) is 0 Å². The summed E-state index contributed by atoms with van der Waals surface area (Å²) in [4.78, 5) is 2.32. The van der Waals surface area contributed by atoms with Gasteiger partial charge in [-0.15, -0.1) is 0 Å². The van der Waals surface area contributed by atoms with E-state index in [1.807, 2.05) is 7.05 Å². The molecule has 0 spiro atoms. The van der Waals surface area contributed by atoms with E-state index in [9.17, 15) is 8.78 Å². The number of morpholine rings is 1. The second-order valence-corrected chi connectivity index (χ2v) is 5.14. The van der Waals surface area contributed by atoms with Crippen LogP contribution in [0.5, 0.6) is 0 Å². The van der Waals surface area contributed by atoms with Gasteiger partial charge in [0.05, 0.1) is 12.7 Å². The number of rotatable bonds is 5. The summed E-state index contributed by atoms with van der Waals surface area (Å²) in [5.74, 6) is -1.04. The maximum absolute atomic E-state index is 13.7. The van der Waals surface area contributed by atoms with Gasteiger partial charge in [0.1, 0.15) is 11.6 Å². The summed E-state index contributed by atoms with van der Waals surface area (Å²) in [6.45, 7) is 5.58. The van der Waals surface area contributed by atoms with E-state index in [4.69, 9.17) is 4.74 Å². The number of nitrogens with one attached hydrogen (secondary N) is 1. The van der Waals surface area contributed by atoms with E-state index in [2.05, 4.69) is 17.1 Å². The molecule has 112 valence electrons. The molecule has 1 fully saturated rings. The number of hydrogen-bond donors (Lipinski definition) is 1. The Bertz CT molecular complexity index is 442. The lowest BCUT2D eigenvalue weighted by molar-refractivity contribution is -0.0437. The van der Waals surface area contributed by atoms with Crippen molar-refractivity contribution in [2.24, 2.45) is 0 Å². The first-order valence-electron chi connectivity index (χ1n) is 7.09. The van der Waals surface area contributed by atoms with Crippen molar-refractivity contribution >= 4 is 0 Å². The van der Waals surface area contributed by atoms with Crippen molar-refractivity contribution in [1.82, 2.24) is 10.2 Å². The van der Waals surface area contributed by atoms with E-state index in [1.165, 1.54) is 12.1 Å². The molecular weight excluding hydrogens is 262 g/mol. The first kappa shape index (κ1) is 15.4. The Morgan fingerprint density at radius 1 is 1.45 bits per heavy atom. The summed E-state index contributed by atoms with van der Waals surface area (Å²) in [5.41, 5.74) is 0.517. The molecule has 1 N–H and O–H groups in total. The molecule has 1 aromatic rings. The van der Waals surface area contributed by atoms with Crippen molar-refractivity contribution < 1.29 is 13.5 Å². The van der Waals surface area contributed by atoms with Crippen LogP contribution in [0.15, 0.2) is 18.2 Å². The Morgan fingerprint density at radius 2 is 2.25 bits per heavy atom. The fourth-order valence-electron chi connectivity index (χ4n) is 2.61. The SMILES string of the molecule is CCN1CCOC(C(Cc2ccc(F)cc2F)NC)C1. The molecule has 1 saturated heterocycles. The van der Waals surface area contributed by atoms with E-state index in [0.29, 0.717) is 18.6 Å². The zero-order valence-electron chi connectivity index (χ0n) is 12.0. The predicted molar refractivity (Wildman–Crippen MR) is 74.8 cm³/mol. The molecule has 3 nitrogen and oxygen atoms in total.